The maximum Gasteiger partial charge on any atom is 0.0464 e. The van der Waals surface area contributed by atoms with Gasteiger partial charge in [-0.3, -0.25) is 4.98 Å². The average molecular weight is 204 g/mol. The lowest BCUT2D eigenvalue weighted by molar-refractivity contribution is 0.547. The third-order valence-corrected chi connectivity index (χ3v) is 3.23. The van der Waals surface area contributed by atoms with Crippen LogP contribution in [-0.4, -0.2) is 11.5 Å². The van der Waals surface area contributed by atoms with Gasteiger partial charge in [-0.25, -0.2) is 0 Å². The summed E-state index contributed by atoms with van der Waals surface area (Å²) in [7, 11) is 0. The number of hydrogen-bond donors (Lipinski definition) is 1. The Morgan fingerprint density at radius 3 is 3.13 bits per heavy atom. The second-order valence-electron chi connectivity index (χ2n) is 4.55. The topological polar surface area (TPSA) is 24.9 Å². The number of nitrogens with zero attached hydrogens (tertiary/aromatic N) is 1. The summed E-state index contributed by atoms with van der Waals surface area (Å²) in [4.78, 5) is 4.76. The second kappa shape index (κ2) is 4.75. The first-order chi connectivity index (χ1) is 7.29. The molecule has 0 spiro atoms. The van der Waals surface area contributed by atoms with E-state index < -0.39 is 0 Å². The van der Waals surface area contributed by atoms with E-state index in [9.17, 15) is 0 Å². The summed E-state index contributed by atoms with van der Waals surface area (Å²) in [5, 5.41) is 3.37. The van der Waals surface area contributed by atoms with Crippen molar-refractivity contribution in [3.05, 3.63) is 29.1 Å². The van der Waals surface area contributed by atoms with Crippen LogP contribution in [0, 0.1) is 5.92 Å². The molecule has 0 bridgehead atoms. The molecule has 1 aliphatic heterocycles. The fourth-order valence-corrected chi connectivity index (χ4v) is 2.00. The van der Waals surface area contributed by atoms with Crippen LogP contribution in [0.4, 0.5) is 0 Å². The van der Waals surface area contributed by atoms with Crippen molar-refractivity contribution in [3.8, 4) is 0 Å². The van der Waals surface area contributed by atoms with Crippen molar-refractivity contribution in [2.75, 3.05) is 6.54 Å². The Labute approximate surface area is 92.1 Å². The van der Waals surface area contributed by atoms with Gasteiger partial charge in [0.05, 0.1) is 0 Å². The summed E-state index contributed by atoms with van der Waals surface area (Å²) in [6.45, 7) is 6.61. The van der Waals surface area contributed by atoms with Gasteiger partial charge in [-0.1, -0.05) is 26.3 Å². The third-order valence-electron chi connectivity index (χ3n) is 3.23. The molecular formula is C13H20N2. The minimum Gasteiger partial charge on any atom is -0.312 e. The minimum atomic E-state index is 0.747. The van der Waals surface area contributed by atoms with E-state index >= 15 is 0 Å². The Kier molecular flexibility index (Phi) is 3.37. The minimum absolute atomic E-state index is 0.747. The van der Waals surface area contributed by atoms with Gasteiger partial charge in [0.2, 0.25) is 0 Å². The molecule has 15 heavy (non-hydrogen) atoms. The summed E-state index contributed by atoms with van der Waals surface area (Å²) in [6, 6.07) is 4.43. The van der Waals surface area contributed by atoms with E-state index in [1.165, 1.54) is 23.4 Å². The van der Waals surface area contributed by atoms with Crippen molar-refractivity contribution in [2.24, 2.45) is 5.92 Å². The van der Waals surface area contributed by atoms with Crippen LogP contribution in [0.3, 0.4) is 0 Å². The molecule has 0 aromatic carbocycles. The maximum absolute atomic E-state index is 4.76. The van der Waals surface area contributed by atoms with E-state index in [1.54, 1.807) is 0 Å². The summed E-state index contributed by atoms with van der Waals surface area (Å²) in [5.74, 6) is 0.747. The predicted molar refractivity (Wildman–Crippen MR) is 62.8 cm³/mol. The lowest BCUT2D eigenvalue weighted by atomic mass is 10.0. The highest BCUT2D eigenvalue weighted by Crippen LogP contribution is 2.15. The molecule has 0 saturated carbocycles. The summed E-state index contributed by atoms with van der Waals surface area (Å²) >= 11 is 0. The van der Waals surface area contributed by atoms with Crippen LogP contribution in [0.1, 0.15) is 37.2 Å². The monoisotopic (exact) mass is 204 g/mol. The lowest BCUT2D eigenvalue weighted by Crippen LogP contribution is -2.24. The van der Waals surface area contributed by atoms with Gasteiger partial charge in [0.1, 0.15) is 0 Å². The molecule has 1 N–H and O–H groups in total. The zero-order valence-electron chi connectivity index (χ0n) is 9.71. The quantitative estimate of drug-likeness (QED) is 0.817. The van der Waals surface area contributed by atoms with Crippen LogP contribution >= 0.6 is 0 Å². The lowest BCUT2D eigenvalue weighted by Gasteiger charge is -2.17. The highest BCUT2D eigenvalue weighted by molar-refractivity contribution is 5.25. The summed E-state index contributed by atoms with van der Waals surface area (Å²) in [5.41, 5.74) is 3.97. The van der Waals surface area contributed by atoms with Gasteiger partial charge in [0.15, 0.2) is 0 Å². The van der Waals surface area contributed by atoms with Gasteiger partial charge in [-0.2, -0.15) is 0 Å². The predicted octanol–water partition coefficient (Wildman–Crippen LogP) is 2.32. The van der Waals surface area contributed by atoms with E-state index in [1.807, 2.05) is 0 Å². The van der Waals surface area contributed by atoms with Gasteiger partial charge in [0.25, 0.3) is 0 Å². The van der Waals surface area contributed by atoms with E-state index in [0.717, 1.165) is 31.8 Å². The van der Waals surface area contributed by atoms with Gasteiger partial charge < -0.3 is 5.32 Å². The van der Waals surface area contributed by atoms with E-state index in [-0.39, 0.29) is 0 Å². The second-order valence-corrected chi connectivity index (χ2v) is 4.55. The molecule has 0 fully saturated rings. The number of rotatable bonds is 3. The highest BCUT2D eigenvalue weighted by Gasteiger charge is 2.11. The molecule has 1 aliphatic rings. The molecule has 1 aromatic heterocycles. The molecule has 0 radical (unpaired) electrons. The van der Waals surface area contributed by atoms with E-state index in [4.69, 9.17) is 4.98 Å². The van der Waals surface area contributed by atoms with E-state index in [2.05, 4.69) is 31.3 Å². The van der Waals surface area contributed by atoms with Crippen molar-refractivity contribution in [3.63, 3.8) is 0 Å². The Morgan fingerprint density at radius 1 is 1.47 bits per heavy atom. The van der Waals surface area contributed by atoms with Gasteiger partial charge in [0, 0.05) is 30.9 Å². The summed E-state index contributed by atoms with van der Waals surface area (Å²) < 4.78 is 0. The number of aromatic nitrogens is 1. The molecule has 1 aromatic rings. The highest BCUT2D eigenvalue weighted by atomic mass is 14.9. The molecule has 2 heterocycles. The Morgan fingerprint density at radius 2 is 2.33 bits per heavy atom. The van der Waals surface area contributed by atoms with Crippen LogP contribution in [0.15, 0.2) is 12.1 Å². The van der Waals surface area contributed by atoms with Crippen molar-refractivity contribution in [1.29, 1.82) is 0 Å². The molecule has 2 rings (SSSR count). The first-order valence-corrected chi connectivity index (χ1v) is 5.98. The zero-order chi connectivity index (χ0) is 10.7. The van der Waals surface area contributed by atoms with Gasteiger partial charge >= 0.3 is 0 Å². The van der Waals surface area contributed by atoms with Crippen LogP contribution in [0.2, 0.25) is 0 Å². The van der Waals surface area contributed by atoms with Gasteiger partial charge in [-0.15, -0.1) is 0 Å². The van der Waals surface area contributed by atoms with Crippen LogP contribution in [0.5, 0.6) is 0 Å². The van der Waals surface area contributed by atoms with Crippen molar-refractivity contribution >= 4 is 0 Å². The molecule has 2 nitrogen and oxygen atoms in total. The van der Waals surface area contributed by atoms with Gasteiger partial charge in [-0.05, 0) is 24.0 Å². The molecule has 82 valence electrons. The first-order valence-electron chi connectivity index (χ1n) is 5.98. The molecule has 1 atom stereocenters. The summed E-state index contributed by atoms with van der Waals surface area (Å²) in [6.07, 6.45) is 3.45. The Hall–Kier alpha value is -0.890. The third kappa shape index (κ3) is 2.57. The largest absolute Gasteiger partial charge is 0.312 e. The van der Waals surface area contributed by atoms with Crippen molar-refractivity contribution in [2.45, 2.75) is 39.7 Å². The first kappa shape index (κ1) is 10.6. The average Bonchev–Trinajstić information content (AvgIpc) is 2.29. The molecular weight excluding hydrogens is 184 g/mol. The molecule has 2 heteroatoms. The van der Waals surface area contributed by atoms with Crippen molar-refractivity contribution in [1.82, 2.24) is 10.3 Å². The number of pyridine rings is 1. The Bertz CT molecular complexity index is 333. The van der Waals surface area contributed by atoms with E-state index in [0.29, 0.717) is 0 Å². The van der Waals surface area contributed by atoms with Crippen LogP contribution < -0.4 is 5.32 Å². The van der Waals surface area contributed by atoms with Crippen LogP contribution in [0.25, 0.3) is 0 Å². The number of nitrogens with one attached hydrogen (secondary N) is 1. The SMILES string of the molecule is CCC(C)Cc1ccc2c(n1)CCNC2. The number of fused-ring (bicyclic) bond motifs is 1. The van der Waals surface area contributed by atoms with Crippen molar-refractivity contribution < 1.29 is 0 Å². The fourth-order valence-electron chi connectivity index (χ4n) is 2.00. The fraction of sp³-hybridized carbons (Fsp3) is 0.615. The Balaban J connectivity index is 2.13. The molecule has 1 unspecified atom stereocenters. The van der Waals surface area contributed by atoms with Crippen LogP contribution in [-0.2, 0) is 19.4 Å². The zero-order valence-corrected chi connectivity index (χ0v) is 9.71. The smallest absolute Gasteiger partial charge is 0.0464 e. The molecule has 0 saturated heterocycles. The number of hydrogen-bond acceptors (Lipinski definition) is 2. The molecule has 0 aliphatic carbocycles. The molecule has 0 amide bonds. The standard InChI is InChI=1S/C13H20N2/c1-3-10(2)8-12-5-4-11-9-14-7-6-13(11)15-12/h4-5,10,14H,3,6-9H2,1-2H3. The maximum atomic E-state index is 4.76. The normalized spacial score (nSPS) is 17.2.